The summed E-state index contributed by atoms with van der Waals surface area (Å²) in [5.41, 5.74) is 1.54. The summed E-state index contributed by atoms with van der Waals surface area (Å²) in [5, 5.41) is 21.1. The van der Waals surface area contributed by atoms with Crippen LogP contribution in [0.2, 0.25) is 0 Å². The number of carbonyl (C=O) groups is 1. The minimum Gasteiger partial charge on any atom is -0.396 e. The Bertz CT molecular complexity index is 772. The van der Waals surface area contributed by atoms with Crippen molar-refractivity contribution in [2.24, 2.45) is 0 Å². The van der Waals surface area contributed by atoms with Crippen molar-refractivity contribution in [3.05, 3.63) is 65.1 Å². The lowest BCUT2D eigenvalue weighted by Gasteiger charge is -2.17. The van der Waals surface area contributed by atoms with Gasteiger partial charge >= 0.3 is 6.03 Å². The lowest BCUT2D eigenvalue weighted by atomic mass is 10.2. The smallest absolute Gasteiger partial charge is 0.319 e. The van der Waals surface area contributed by atoms with Crippen LogP contribution < -0.4 is 10.6 Å². The summed E-state index contributed by atoms with van der Waals surface area (Å²) in [5.74, 6) is 0. The van der Waals surface area contributed by atoms with E-state index in [1.54, 1.807) is 22.2 Å². The standard InChI is InChI=1S/C17H18N4O2S/c22-10-7-15(16-6-2-11-24-16)20-17(23)19-13-4-1-5-14(12-13)21-9-3-8-18-21/h1-6,8-9,11-12,15,22H,7,10H2,(H2,19,20,23)/t15-/m0/s1. The molecular formula is C17H18N4O2S. The Morgan fingerprint density at radius 2 is 2.21 bits per heavy atom. The lowest BCUT2D eigenvalue weighted by Crippen LogP contribution is -2.32. The van der Waals surface area contributed by atoms with Crippen LogP contribution in [0, 0.1) is 0 Å². The number of anilines is 1. The van der Waals surface area contributed by atoms with Gasteiger partial charge in [-0.1, -0.05) is 12.1 Å². The van der Waals surface area contributed by atoms with Crippen LogP contribution in [0.15, 0.2) is 60.2 Å². The third-order valence-electron chi connectivity index (χ3n) is 3.48. The highest BCUT2D eigenvalue weighted by molar-refractivity contribution is 7.10. The minimum absolute atomic E-state index is 0.0115. The van der Waals surface area contributed by atoms with Crippen molar-refractivity contribution in [3.8, 4) is 5.69 Å². The van der Waals surface area contributed by atoms with Gasteiger partial charge in [0.05, 0.1) is 11.7 Å². The molecule has 3 aromatic rings. The first-order chi connectivity index (χ1) is 11.8. The summed E-state index contributed by atoms with van der Waals surface area (Å²) in [4.78, 5) is 13.3. The summed E-state index contributed by atoms with van der Waals surface area (Å²) < 4.78 is 1.73. The van der Waals surface area contributed by atoms with Crippen molar-refractivity contribution in [2.45, 2.75) is 12.5 Å². The van der Waals surface area contributed by atoms with Crippen molar-refractivity contribution < 1.29 is 9.90 Å². The molecule has 0 fully saturated rings. The average Bonchev–Trinajstić information content (AvgIpc) is 3.28. The van der Waals surface area contributed by atoms with E-state index in [2.05, 4.69) is 15.7 Å². The lowest BCUT2D eigenvalue weighted by molar-refractivity contribution is 0.239. The molecule has 3 rings (SSSR count). The Kier molecular flexibility index (Phi) is 5.25. The average molecular weight is 342 g/mol. The number of amides is 2. The fraction of sp³-hybridized carbons (Fsp3) is 0.176. The minimum atomic E-state index is -0.306. The van der Waals surface area contributed by atoms with Gasteiger partial charge in [-0.05, 0) is 42.1 Å². The van der Waals surface area contributed by atoms with E-state index in [9.17, 15) is 9.90 Å². The Labute approximate surface area is 143 Å². The number of aliphatic hydroxyl groups is 1. The normalized spacial score (nSPS) is 11.9. The molecule has 2 aromatic heterocycles. The molecule has 6 nitrogen and oxygen atoms in total. The van der Waals surface area contributed by atoms with Crippen LogP contribution >= 0.6 is 11.3 Å². The molecule has 1 aromatic carbocycles. The van der Waals surface area contributed by atoms with E-state index in [0.717, 1.165) is 10.6 Å². The van der Waals surface area contributed by atoms with E-state index in [0.29, 0.717) is 12.1 Å². The first-order valence-corrected chi connectivity index (χ1v) is 8.46. The molecule has 7 heteroatoms. The molecule has 0 saturated carbocycles. The highest BCUT2D eigenvalue weighted by atomic mass is 32.1. The Morgan fingerprint density at radius 3 is 2.92 bits per heavy atom. The van der Waals surface area contributed by atoms with Crippen molar-refractivity contribution >= 4 is 23.1 Å². The summed E-state index contributed by atoms with van der Waals surface area (Å²) in [6.07, 6.45) is 4.02. The van der Waals surface area contributed by atoms with E-state index in [4.69, 9.17) is 0 Å². The van der Waals surface area contributed by atoms with Crippen LogP contribution in [0.4, 0.5) is 10.5 Å². The summed E-state index contributed by atoms with van der Waals surface area (Å²) in [6.45, 7) is 0.0115. The van der Waals surface area contributed by atoms with Crippen LogP contribution in [0.5, 0.6) is 0 Å². The summed E-state index contributed by atoms with van der Waals surface area (Å²) in [6, 6.07) is 12.6. The fourth-order valence-corrected chi connectivity index (χ4v) is 3.19. The number of nitrogens with one attached hydrogen (secondary N) is 2. The Morgan fingerprint density at radius 1 is 1.29 bits per heavy atom. The second-order valence-corrected chi connectivity index (χ2v) is 6.16. The van der Waals surface area contributed by atoms with Gasteiger partial charge in [0, 0.05) is 29.6 Å². The van der Waals surface area contributed by atoms with E-state index in [-0.39, 0.29) is 18.7 Å². The molecule has 2 amide bonds. The number of aromatic nitrogens is 2. The monoisotopic (exact) mass is 342 g/mol. The Balaban J connectivity index is 1.67. The molecule has 1 atom stereocenters. The van der Waals surface area contributed by atoms with E-state index in [1.807, 2.05) is 54.0 Å². The first kappa shape index (κ1) is 16.2. The van der Waals surface area contributed by atoms with Gasteiger partial charge < -0.3 is 15.7 Å². The highest BCUT2D eigenvalue weighted by Crippen LogP contribution is 2.22. The number of hydrogen-bond acceptors (Lipinski definition) is 4. The number of aliphatic hydroxyl groups excluding tert-OH is 1. The maximum absolute atomic E-state index is 12.3. The molecule has 3 N–H and O–H groups in total. The van der Waals surface area contributed by atoms with E-state index >= 15 is 0 Å². The number of thiophene rings is 1. The van der Waals surface area contributed by atoms with Gasteiger partial charge in [-0.15, -0.1) is 11.3 Å². The molecular weight excluding hydrogens is 324 g/mol. The molecule has 0 aliphatic carbocycles. The van der Waals surface area contributed by atoms with Crippen LogP contribution in [-0.4, -0.2) is 27.5 Å². The van der Waals surface area contributed by atoms with Gasteiger partial charge in [0.1, 0.15) is 0 Å². The SMILES string of the molecule is O=C(Nc1cccc(-n2cccn2)c1)N[C@@H](CCO)c1cccs1. The van der Waals surface area contributed by atoms with Crippen LogP contribution in [0.1, 0.15) is 17.3 Å². The highest BCUT2D eigenvalue weighted by Gasteiger charge is 2.15. The molecule has 124 valence electrons. The maximum Gasteiger partial charge on any atom is 0.319 e. The molecule has 2 heterocycles. The molecule has 0 radical (unpaired) electrons. The van der Waals surface area contributed by atoms with Crippen molar-refractivity contribution in [2.75, 3.05) is 11.9 Å². The molecule has 0 saturated heterocycles. The van der Waals surface area contributed by atoms with Crippen LogP contribution in [0.25, 0.3) is 5.69 Å². The van der Waals surface area contributed by atoms with Crippen molar-refractivity contribution in [1.29, 1.82) is 0 Å². The second-order valence-electron chi connectivity index (χ2n) is 5.18. The van der Waals surface area contributed by atoms with Crippen LogP contribution in [-0.2, 0) is 0 Å². The van der Waals surface area contributed by atoms with Gasteiger partial charge in [0.2, 0.25) is 0 Å². The van der Waals surface area contributed by atoms with E-state index < -0.39 is 0 Å². The number of urea groups is 1. The van der Waals surface area contributed by atoms with Gasteiger partial charge in [0.15, 0.2) is 0 Å². The number of rotatable bonds is 6. The van der Waals surface area contributed by atoms with Gasteiger partial charge in [-0.3, -0.25) is 0 Å². The van der Waals surface area contributed by atoms with Gasteiger partial charge in [-0.2, -0.15) is 5.10 Å². The zero-order valence-electron chi connectivity index (χ0n) is 12.9. The number of hydrogen-bond donors (Lipinski definition) is 3. The molecule has 0 aliphatic rings. The predicted molar refractivity (Wildman–Crippen MR) is 94.5 cm³/mol. The number of benzene rings is 1. The zero-order valence-corrected chi connectivity index (χ0v) is 13.7. The molecule has 0 unspecified atom stereocenters. The first-order valence-electron chi connectivity index (χ1n) is 7.58. The fourth-order valence-electron chi connectivity index (χ4n) is 2.38. The number of carbonyl (C=O) groups excluding carboxylic acids is 1. The van der Waals surface area contributed by atoms with Crippen LogP contribution in [0.3, 0.4) is 0 Å². The second kappa shape index (κ2) is 7.76. The molecule has 0 spiro atoms. The largest absolute Gasteiger partial charge is 0.396 e. The topological polar surface area (TPSA) is 79.2 Å². The predicted octanol–water partition coefficient (Wildman–Crippen LogP) is 3.18. The zero-order chi connectivity index (χ0) is 16.8. The maximum atomic E-state index is 12.3. The Hall–Kier alpha value is -2.64. The molecule has 0 bridgehead atoms. The van der Waals surface area contributed by atoms with Gasteiger partial charge in [0.25, 0.3) is 0 Å². The summed E-state index contributed by atoms with van der Waals surface area (Å²) >= 11 is 1.55. The van der Waals surface area contributed by atoms with E-state index in [1.165, 1.54) is 0 Å². The van der Waals surface area contributed by atoms with Crippen molar-refractivity contribution in [1.82, 2.24) is 15.1 Å². The number of nitrogens with zero attached hydrogens (tertiary/aromatic N) is 2. The van der Waals surface area contributed by atoms with Crippen molar-refractivity contribution in [3.63, 3.8) is 0 Å². The van der Waals surface area contributed by atoms with Gasteiger partial charge in [-0.25, -0.2) is 9.48 Å². The third kappa shape index (κ3) is 4.01. The molecule has 24 heavy (non-hydrogen) atoms. The summed E-state index contributed by atoms with van der Waals surface area (Å²) in [7, 11) is 0. The third-order valence-corrected chi connectivity index (χ3v) is 4.47. The quantitative estimate of drug-likeness (QED) is 0.644. The molecule has 0 aliphatic heterocycles.